The Morgan fingerprint density at radius 3 is 2.85 bits per heavy atom. The van der Waals surface area contributed by atoms with Gasteiger partial charge in [0.2, 0.25) is 0 Å². The van der Waals surface area contributed by atoms with E-state index in [2.05, 4.69) is 25.3 Å². The van der Waals surface area contributed by atoms with Crippen molar-refractivity contribution in [1.29, 1.82) is 0 Å². The SMILES string of the molecule is CN(Cc1ccccn1)c1cc(NN)nc(C2CC2)n1. The van der Waals surface area contributed by atoms with E-state index < -0.39 is 0 Å². The van der Waals surface area contributed by atoms with Crippen LogP contribution in [0.1, 0.15) is 30.3 Å². The van der Waals surface area contributed by atoms with Crippen LogP contribution in [-0.2, 0) is 6.54 Å². The molecule has 0 amide bonds. The molecule has 0 saturated heterocycles. The second-order valence-corrected chi connectivity index (χ2v) is 5.07. The normalized spacial score (nSPS) is 14.1. The van der Waals surface area contributed by atoms with Crippen molar-refractivity contribution in [2.24, 2.45) is 5.84 Å². The van der Waals surface area contributed by atoms with E-state index in [0.717, 1.165) is 30.2 Å². The molecule has 3 rings (SSSR count). The quantitative estimate of drug-likeness (QED) is 0.635. The van der Waals surface area contributed by atoms with E-state index >= 15 is 0 Å². The highest BCUT2D eigenvalue weighted by Gasteiger charge is 2.27. The summed E-state index contributed by atoms with van der Waals surface area (Å²) in [5.41, 5.74) is 3.62. The van der Waals surface area contributed by atoms with Crippen LogP contribution in [0.2, 0.25) is 0 Å². The largest absolute Gasteiger partial charge is 0.354 e. The smallest absolute Gasteiger partial charge is 0.145 e. The number of rotatable bonds is 5. The molecule has 3 N–H and O–H groups in total. The zero-order chi connectivity index (χ0) is 13.9. The average molecular weight is 270 g/mol. The van der Waals surface area contributed by atoms with Crippen molar-refractivity contribution < 1.29 is 0 Å². The minimum Gasteiger partial charge on any atom is -0.354 e. The maximum atomic E-state index is 5.49. The second kappa shape index (κ2) is 5.42. The van der Waals surface area contributed by atoms with Crippen LogP contribution in [0.25, 0.3) is 0 Å². The zero-order valence-electron chi connectivity index (χ0n) is 11.5. The van der Waals surface area contributed by atoms with E-state index in [1.165, 1.54) is 0 Å². The van der Waals surface area contributed by atoms with Crippen LogP contribution >= 0.6 is 0 Å². The molecule has 0 spiro atoms. The number of nitrogens with two attached hydrogens (primary N) is 1. The molecule has 0 radical (unpaired) electrons. The van der Waals surface area contributed by atoms with Gasteiger partial charge in [-0.15, -0.1) is 0 Å². The summed E-state index contributed by atoms with van der Waals surface area (Å²) in [7, 11) is 1.99. The molecule has 20 heavy (non-hydrogen) atoms. The van der Waals surface area contributed by atoms with Crippen LogP contribution in [0.3, 0.4) is 0 Å². The molecule has 0 atom stereocenters. The number of anilines is 2. The van der Waals surface area contributed by atoms with Gasteiger partial charge < -0.3 is 10.3 Å². The maximum absolute atomic E-state index is 5.49. The Labute approximate surface area is 118 Å². The first-order chi connectivity index (χ1) is 9.76. The minimum absolute atomic E-state index is 0.491. The first-order valence-electron chi connectivity index (χ1n) is 6.73. The lowest BCUT2D eigenvalue weighted by molar-refractivity contribution is 0.836. The van der Waals surface area contributed by atoms with E-state index in [0.29, 0.717) is 18.3 Å². The van der Waals surface area contributed by atoms with Gasteiger partial charge in [0.15, 0.2) is 0 Å². The molecule has 2 heterocycles. The highest BCUT2D eigenvalue weighted by molar-refractivity contribution is 5.49. The van der Waals surface area contributed by atoms with Crippen molar-refractivity contribution in [3.05, 3.63) is 42.0 Å². The summed E-state index contributed by atoms with van der Waals surface area (Å²) < 4.78 is 0. The fourth-order valence-corrected chi connectivity index (χ4v) is 2.06. The molecule has 1 fully saturated rings. The van der Waals surface area contributed by atoms with Gasteiger partial charge in [-0.05, 0) is 25.0 Å². The monoisotopic (exact) mass is 270 g/mol. The van der Waals surface area contributed by atoms with Crippen molar-refractivity contribution in [3.8, 4) is 0 Å². The summed E-state index contributed by atoms with van der Waals surface area (Å²) in [6.07, 6.45) is 4.13. The summed E-state index contributed by atoms with van der Waals surface area (Å²) in [5.74, 6) is 8.38. The molecule has 1 aliphatic rings. The Balaban J connectivity index is 1.83. The minimum atomic E-state index is 0.491. The molecule has 2 aromatic heterocycles. The van der Waals surface area contributed by atoms with Crippen LogP contribution in [0.5, 0.6) is 0 Å². The van der Waals surface area contributed by atoms with Crippen LogP contribution in [0.4, 0.5) is 11.6 Å². The number of hydrazine groups is 1. The zero-order valence-corrected chi connectivity index (χ0v) is 11.5. The van der Waals surface area contributed by atoms with Crippen molar-refractivity contribution in [2.45, 2.75) is 25.3 Å². The van der Waals surface area contributed by atoms with Gasteiger partial charge in [0.25, 0.3) is 0 Å². The van der Waals surface area contributed by atoms with Gasteiger partial charge in [0.1, 0.15) is 17.5 Å². The Kier molecular flexibility index (Phi) is 3.47. The molecule has 0 unspecified atom stereocenters. The molecule has 104 valence electrons. The first kappa shape index (κ1) is 12.8. The molecule has 2 aromatic rings. The number of hydrogen-bond donors (Lipinski definition) is 2. The third kappa shape index (κ3) is 2.85. The van der Waals surface area contributed by atoms with E-state index in [-0.39, 0.29) is 0 Å². The molecule has 0 aliphatic heterocycles. The van der Waals surface area contributed by atoms with E-state index in [9.17, 15) is 0 Å². The standard InChI is InChI=1S/C14H18N6/c1-20(9-11-4-2-3-7-16-11)13-8-12(19-15)17-14(18-13)10-5-6-10/h2-4,7-8,10H,5-6,9,15H2,1H3,(H,17,18,19). The van der Waals surface area contributed by atoms with Gasteiger partial charge in [-0.3, -0.25) is 4.98 Å². The van der Waals surface area contributed by atoms with Crippen molar-refractivity contribution >= 4 is 11.6 Å². The predicted octanol–water partition coefficient (Wildman–Crippen LogP) is 1.67. The van der Waals surface area contributed by atoms with Crippen molar-refractivity contribution in [2.75, 3.05) is 17.4 Å². The van der Waals surface area contributed by atoms with E-state index in [1.807, 2.05) is 31.3 Å². The predicted molar refractivity (Wildman–Crippen MR) is 78.2 cm³/mol. The van der Waals surface area contributed by atoms with Gasteiger partial charge >= 0.3 is 0 Å². The molecular formula is C14H18N6. The van der Waals surface area contributed by atoms with Gasteiger partial charge in [0, 0.05) is 25.2 Å². The van der Waals surface area contributed by atoms with Gasteiger partial charge in [-0.1, -0.05) is 6.07 Å². The number of pyridine rings is 1. The second-order valence-electron chi connectivity index (χ2n) is 5.07. The lowest BCUT2D eigenvalue weighted by Gasteiger charge is -2.19. The van der Waals surface area contributed by atoms with Gasteiger partial charge in [0.05, 0.1) is 12.2 Å². The van der Waals surface area contributed by atoms with E-state index in [1.54, 1.807) is 6.20 Å². The molecule has 6 nitrogen and oxygen atoms in total. The fraction of sp³-hybridized carbons (Fsp3) is 0.357. The summed E-state index contributed by atoms with van der Waals surface area (Å²) in [4.78, 5) is 15.4. The van der Waals surface area contributed by atoms with Gasteiger partial charge in [-0.25, -0.2) is 15.8 Å². The average Bonchev–Trinajstić information content (AvgIpc) is 3.32. The van der Waals surface area contributed by atoms with Crippen LogP contribution in [0.15, 0.2) is 30.5 Å². The Bertz CT molecular complexity index is 581. The third-order valence-electron chi connectivity index (χ3n) is 3.34. The Morgan fingerprint density at radius 1 is 1.35 bits per heavy atom. The van der Waals surface area contributed by atoms with Crippen LogP contribution < -0.4 is 16.2 Å². The van der Waals surface area contributed by atoms with Crippen LogP contribution in [-0.4, -0.2) is 22.0 Å². The summed E-state index contributed by atoms with van der Waals surface area (Å²) >= 11 is 0. The molecule has 0 aromatic carbocycles. The molecule has 6 heteroatoms. The summed E-state index contributed by atoms with van der Waals surface area (Å²) in [5, 5.41) is 0. The number of aromatic nitrogens is 3. The molecule has 0 bridgehead atoms. The molecular weight excluding hydrogens is 252 g/mol. The Hall–Kier alpha value is -2.21. The number of hydrogen-bond acceptors (Lipinski definition) is 6. The number of nitrogens with zero attached hydrogens (tertiary/aromatic N) is 4. The summed E-state index contributed by atoms with van der Waals surface area (Å²) in [6.45, 7) is 0.700. The highest BCUT2D eigenvalue weighted by Crippen LogP contribution is 2.39. The Morgan fingerprint density at radius 2 is 2.20 bits per heavy atom. The number of nitrogen functional groups attached to an aromatic ring is 1. The topological polar surface area (TPSA) is 80.0 Å². The van der Waals surface area contributed by atoms with E-state index in [4.69, 9.17) is 5.84 Å². The maximum Gasteiger partial charge on any atom is 0.145 e. The lowest BCUT2D eigenvalue weighted by Crippen LogP contribution is -2.20. The highest BCUT2D eigenvalue weighted by atomic mass is 15.3. The fourth-order valence-electron chi connectivity index (χ4n) is 2.06. The molecule has 1 aliphatic carbocycles. The number of nitrogens with one attached hydrogen (secondary N) is 1. The van der Waals surface area contributed by atoms with Crippen molar-refractivity contribution in [3.63, 3.8) is 0 Å². The van der Waals surface area contributed by atoms with Crippen LogP contribution in [0, 0.1) is 0 Å². The molecule has 1 saturated carbocycles. The third-order valence-corrected chi connectivity index (χ3v) is 3.34. The lowest BCUT2D eigenvalue weighted by atomic mass is 10.3. The summed E-state index contributed by atoms with van der Waals surface area (Å²) in [6, 6.07) is 7.75. The first-order valence-corrected chi connectivity index (χ1v) is 6.73. The van der Waals surface area contributed by atoms with Crippen molar-refractivity contribution in [1.82, 2.24) is 15.0 Å². The van der Waals surface area contributed by atoms with Gasteiger partial charge in [-0.2, -0.15) is 0 Å².